The number of anilines is 2. The number of carbonyl (C=O) groups is 2. The van der Waals surface area contributed by atoms with Gasteiger partial charge in [-0.15, -0.1) is 0 Å². The minimum absolute atomic E-state index is 0.0000531. The molecule has 6 N–H and O–H groups in total. The van der Waals surface area contributed by atoms with Crippen LogP contribution in [0.5, 0.6) is 0 Å². The van der Waals surface area contributed by atoms with Crippen LogP contribution in [-0.2, 0) is 32.2 Å². The molecule has 1 heterocycles. The first-order valence-corrected chi connectivity index (χ1v) is 18.9. The van der Waals surface area contributed by atoms with E-state index >= 15 is 0 Å². The molecule has 0 aliphatic carbocycles. The number of nitrogen functional groups attached to an aromatic ring is 1. The lowest BCUT2D eigenvalue weighted by Crippen LogP contribution is -2.31. The Kier molecular flexibility index (Phi) is 14.9. The van der Waals surface area contributed by atoms with Crippen LogP contribution < -0.4 is 16.4 Å². The van der Waals surface area contributed by atoms with E-state index in [4.69, 9.17) is 15.2 Å². The second kappa shape index (κ2) is 20.0. The van der Waals surface area contributed by atoms with Gasteiger partial charge in [0.2, 0.25) is 11.8 Å². The molecule has 10 heteroatoms. The van der Waals surface area contributed by atoms with Crippen molar-refractivity contribution >= 4 is 35.0 Å². The van der Waals surface area contributed by atoms with Crippen LogP contribution in [0.1, 0.15) is 79.6 Å². The summed E-state index contributed by atoms with van der Waals surface area (Å²) >= 11 is 1.67. The van der Waals surface area contributed by atoms with E-state index < -0.39 is 6.29 Å². The molecular weight excluding hydrogens is 663 g/mol. The topological polar surface area (TPSA) is 143 Å². The highest BCUT2D eigenvalue weighted by molar-refractivity contribution is 7.99. The van der Waals surface area contributed by atoms with Gasteiger partial charge in [0.05, 0.1) is 36.8 Å². The maximum Gasteiger partial charge on any atom is 0.224 e. The molecule has 9 nitrogen and oxygen atoms in total. The summed E-state index contributed by atoms with van der Waals surface area (Å²) < 4.78 is 12.9. The highest BCUT2D eigenvalue weighted by Gasteiger charge is 2.32. The number of hydrogen-bond donors (Lipinski definition) is 5. The van der Waals surface area contributed by atoms with Crippen LogP contribution in [0.15, 0.2) is 97.1 Å². The van der Waals surface area contributed by atoms with Crippen LogP contribution in [-0.4, -0.2) is 46.2 Å². The van der Waals surface area contributed by atoms with Crippen molar-refractivity contribution in [2.24, 2.45) is 0 Å². The Labute approximate surface area is 305 Å². The largest absolute Gasteiger partial charge is 0.397 e. The molecule has 270 valence electrons. The monoisotopic (exact) mass is 711 g/mol. The summed E-state index contributed by atoms with van der Waals surface area (Å²) in [6, 6.07) is 31.4. The summed E-state index contributed by atoms with van der Waals surface area (Å²) in [5.74, 6) is 1.39. The zero-order chi connectivity index (χ0) is 35.8. The number of benzene rings is 4. The minimum atomic E-state index is -0.532. The van der Waals surface area contributed by atoms with Gasteiger partial charge in [-0.25, -0.2) is 0 Å². The maximum atomic E-state index is 12.5. The number of thioether (sulfide) groups is 1. The highest BCUT2D eigenvalue weighted by Crippen LogP contribution is 2.39. The summed E-state index contributed by atoms with van der Waals surface area (Å²) in [6.07, 6.45) is 4.18. The molecule has 0 aromatic heterocycles. The first-order chi connectivity index (χ1) is 24.9. The predicted molar refractivity (Wildman–Crippen MR) is 204 cm³/mol. The Morgan fingerprint density at radius 2 is 1.49 bits per heavy atom. The smallest absolute Gasteiger partial charge is 0.224 e. The molecule has 0 radical (unpaired) electrons. The van der Waals surface area contributed by atoms with E-state index in [1.54, 1.807) is 23.9 Å². The Hall–Kier alpha value is -4.19. The summed E-state index contributed by atoms with van der Waals surface area (Å²) in [5.41, 5.74) is 13.0. The standard InChI is InChI=1S/C41H49N3O6S/c42-36-10-5-6-11-37(36)44-40(48)13-4-2-1-3-12-39(47)43-26-30-8-7-9-34(24-30)31-18-20-33(21-19-31)41-49-35(28-51-23-22-45)25-38(50-41)32-16-14-29(27-46)15-17-32/h5-11,14-21,24,35,38,41,45-46H,1-4,12-13,22-23,25-28,42H2,(H,43,47)(H,44,48)/t35-,38+,41+/m1/s1. The second-order valence-electron chi connectivity index (χ2n) is 12.8. The van der Waals surface area contributed by atoms with E-state index in [1.165, 1.54) is 0 Å². The van der Waals surface area contributed by atoms with Gasteiger partial charge in [-0.1, -0.05) is 91.7 Å². The normalized spacial score (nSPS) is 17.2. The van der Waals surface area contributed by atoms with Gasteiger partial charge < -0.3 is 36.1 Å². The predicted octanol–water partition coefficient (Wildman–Crippen LogP) is 7.29. The quantitative estimate of drug-likeness (QED) is 0.0535. The van der Waals surface area contributed by atoms with E-state index in [1.807, 2.05) is 60.7 Å². The van der Waals surface area contributed by atoms with Crippen LogP contribution >= 0.6 is 11.8 Å². The molecular formula is C41H49N3O6S. The number of amides is 2. The van der Waals surface area contributed by atoms with Crippen LogP contribution in [0.2, 0.25) is 0 Å². The fourth-order valence-electron chi connectivity index (χ4n) is 6.03. The molecule has 1 fully saturated rings. The molecule has 0 spiro atoms. The minimum Gasteiger partial charge on any atom is -0.397 e. The molecule has 4 aromatic carbocycles. The lowest BCUT2D eigenvalue weighted by molar-refractivity contribution is -0.245. The number of aliphatic hydroxyl groups is 2. The second-order valence-corrected chi connectivity index (χ2v) is 13.9. The SMILES string of the molecule is Nc1ccccc1NC(=O)CCCCCCC(=O)NCc1cccc(-c2ccc([C@H]3O[C@@H](CSCCO)C[C@@H](c4ccc(CO)cc4)O3)cc2)c1. The average molecular weight is 712 g/mol. The Balaban J connectivity index is 1.07. The fraction of sp³-hybridized carbons (Fsp3) is 0.366. The number of ether oxygens (including phenoxy) is 2. The van der Waals surface area contributed by atoms with Crippen LogP contribution in [0.3, 0.4) is 0 Å². The fourth-order valence-corrected chi connectivity index (χ4v) is 6.81. The van der Waals surface area contributed by atoms with Crippen molar-refractivity contribution < 1.29 is 29.3 Å². The summed E-state index contributed by atoms with van der Waals surface area (Å²) in [4.78, 5) is 24.7. The highest BCUT2D eigenvalue weighted by atomic mass is 32.2. The lowest BCUT2D eigenvalue weighted by atomic mass is 9.99. The number of nitrogens with two attached hydrogens (primary N) is 1. The average Bonchev–Trinajstić information content (AvgIpc) is 3.16. The number of aliphatic hydroxyl groups excluding tert-OH is 2. The van der Waals surface area contributed by atoms with E-state index in [2.05, 4.69) is 34.9 Å². The third-order valence-corrected chi connectivity index (χ3v) is 9.96. The van der Waals surface area contributed by atoms with Crippen LogP contribution in [0.4, 0.5) is 11.4 Å². The molecule has 1 aliphatic rings. The number of carbonyl (C=O) groups excluding carboxylic acids is 2. The van der Waals surface area contributed by atoms with Crippen molar-refractivity contribution in [2.75, 3.05) is 29.2 Å². The number of nitrogens with one attached hydrogen (secondary N) is 2. The number of rotatable bonds is 18. The van der Waals surface area contributed by atoms with Gasteiger partial charge in [0.25, 0.3) is 0 Å². The molecule has 0 saturated carbocycles. The summed E-state index contributed by atoms with van der Waals surface area (Å²) in [5, 5.41) is 24.6. The number of para-hydroxylation sites is 2. The van der Waals surface area contributed by atoms with Crippen molar-refractivity contribution in [2.45, 2.75) is 76.6 Å². The van der Waals surface area contributed by atoms with Crippen molar-refractivity contribution in [1.82, 2.24) is 5.32 Å². The van der Waals surface area contributed by atoms with Gasteiger partial charge in [0.1, 0.15) is 0 Å². The molecule has 5 rings (SSSR count). The van der Waals surface area contributed by atoms with E-state index in [-0.39, 0.29) is 37.2 Å². The summed E-state index contributed by atoms with van der Waals surface area (Å²) in [7, 11) is 0. The van der Waals surface area contributed by atoms with Crippen molar-refractivity contribution in [1.29, 1.82) is 0 Å². The summed E-state index contributed by atoms with van der Waals surface area (Å²) in [6.45, 7) is 0.586. The molecule has 2 amide bonds. The Bertz CT molecular complexity index is 1680. The zero-order valence-corrected chi connectivity index (χ0v) is 29.8. The molecule has 1 aliphatic heterocycles. The first kappa shape index (κ1) is 38.1. The Morgan fingerprint density at radius 3 is 2.22 bits per heavy atom. The number of hydrogen-bond acceptors (Lipinski definition) is 8. The van der Waals surface area contributed by atoms with E-state index in [9.17, 15) is 19.8 Å². The molecule has 3 atom stereocenters. The van der Waals surface area contributed by atoms with Crippen molar-refractivity contribution in [3.8, 4) is 11.1 Å². The number of unbranched alkanes of at least 4 members (excludes halogenated alkanes) is 3. The molecule has 4 aromatic rings. The van der Waals surface area contributed by atoms with Crippen molar-refractivity contribution in [3.63, 3.8) is 0 Å². The zero-order valence-electron chi connectivity index (χ0n) is 29.0. The molecule has 51 heavy (non-hydrogen) atoms. The third kappa shape index (κ3) is 11.9. The van der Waals surface area contributed by atoms with Crippen LogP contribution in [0.25, 0.3) is 11.1 Å². The third-order valence-electron chi connectivity index (χ3n) is 8.88. The maximum absolute atomic E-state index is 12.5. The van der Waals surface area contributed by atoms with Gasteiger partial charge in [-0.2, -0.15) is 11.8 Å². The van der Waals surface area contributed by atoms with E-state index in [0.29, 0.717) is 42.9 Å². The molecule has 0 bridgehead atoms. The van der Waals surface area contributed by atoms with Crippen molar-refractivity contribution in [3.05, 3.63) is 119 Å². The van der Waals surface area contributed by atoms with E-state index in [0.717, 1.165) is 64.8 Å². The van der Waals surface area contributed by atoms with Gasteiger partial charge in [0, 0.05) is 42.9 Å². The lowest BCUT2D eigenvalue weighted by Gasteiger charge is -2.36. The van der Waals surface area contributed by atoms with Gasteiger partial charge in [-0.3, -0.25) is 9.59 Å². The van der Waals surface area contributed by atoms with Gasteiger partial charge >= 0.3 is 0 Å². The van der Waals surface area contributed by atoms with Gasteiger partial charge in [-0.05, 0) is 58.9 Å². The molecule has 1 saturated heterocycles. The first-order valence-electron chi connectivity index (χ1n) is 17.7. The Morgan fingerprint density at radius 1 is 0.765 bits per heavy atom. The van der Waals surface area contributed by atoms with Gasteiger partial charge in [0.15, 0.2) is 6.29 Å². The van der Waals surface area contributed by atoms with Crippen LogP contribution in [0, 0.1) is 0 Å². The molecule has 0 unspecified atom stereocenters.